The maximum atomic E-state index is 13.2. The number of fused-ring (bicyclic) bond motifs is 1. The molecule has 2 aromatic heterocycles. The first-order valence-electron chi connectivity index (χ1n) is 12.7. The van der Waals surface area contributed by atoms with Gasteiger partial charge in [-0.25, -0.2) is 23.7 Å². The first-order valence-corrected chi connectivity index (χ1v) is 13.5. The second kappa shape index (κ2) is 10.1. The summed E-state index contributed by atoms with van der Waals surface area (Å²) in [5.41, 5.74) is 2.04. The van der Waals surface area contributed by atoms with E-state index in [1.54, 1.807) is 23.7 Å². The number of carbonyl (C=O) groups excluding carboxylic acids is 1. The Morgan fingerprint density at radius 1 is 1.15 bits per heavy atom. The van der Waals surface area contributed by atoms with Crippen molar-refractivity contribution in [2.45, 2.75) is 89.5 Å². The standard InChI is InChI=1S/C26H34F2N4OS/c1-17-29-14-20(15-30-17)11-22(33)10-19-4-2-18(3-5-19)6-8-32-9-7-24-23(16-32)31-25(34-24)21-12-26(27,28)13-21/h14-15,18-19,21H,2-13,16H2,1H3. The number of nitrogens with zero attached hydrogens (tertiary/aromatic N) is 4. The van der Waals surface area contributed by atoms with Gasteiger partial charge in [0, 0.05) is 62.0 Å². The van der Waals surface area contributed by atoms with Gasteiger partial charge in [0.05, 0.1) is 10.7 Å². The van der Waals surface area contributed by atoms with Gasteiger partial charge < -0.3 is 0 Å². The van der Waals surface area contributed by atoms with Crippen molar-refractivity contribution in [3.63, 3.8) is 0 Å². The molecule has 0 N–H and O–H groups in total. The molecule has 0 bridgehead atoms. The fourth-order valence-electron chi connectivity index (χ4n) is 5.70. The van der Waals surface area contributed by atoms with Gasteiger partial charge in [-0.15, -0.1) is 11.3 Å². The Balaban J connectivity index is 1.01. The number of alkyl halides is 2. The minimum absolute atomic E-state index is 0.0300. The molecule has 3 heterocycles. The number of hydrogen-bond acceptors (Lipinski definition) is 6. The van der Waals surface area contributed by atoms with Crippen LogP contribution < -0.4 is 0 Å². The highest BCUT2D eigenvalue weighted by atomic mass is 32.1. The van der Waals surface area contributed by atoms with E-state index in [1.165, 1.54) is 24.1 Å². The van der Waals surface area contributed by atoms with E-state index >= 15 is 0 Å². The monoisotopic (exact) mass is 488 g/mol. The molecule has 0 saturated heterocycles. The highest BCUT2D eigenvalue weighted by Crippen LogP contribution is 2.49. The lowest BCUT2D eigenvalue weighted by Gasteiger charge is -2.33. The highest BCUT2D eigenvalue weighted by Gasteiger charge is 2.47. The topological polar surface area (TPSA) is 59.0 Å². The number of hydrogen-bond donors (Lipinski definition) is 0. The van der Waals surface area contributed by atoms with E-state index in [4.69, 9.17) is 4.98 Å². The molecule has 2 aliphatic carbocycles. The normalized spacial score (nSPS) is 25.0. The predicted octanol–water partition coefficient (Wildman–Crippen LogP) is 5.51. The summed E-state index contributed by atoms with van der Waals surface area (Å²) in [6.07, 6.45) is 11.5. The summed E-state index contributed by atoms with van der Waals surface area (Å²) in [4.78, 5) is 29.4. The Morgan fingerprint density at radius 3 is 2.56 bits per heavy atom. The van der Waals surface area contributed by atoms with E-state index < -0.39 is 5.92 Å². The lowest BCUT2D eigenvalue weighted by atomic mass is 9.78. The lowest BCUT2D eigenvalue weighted by Crippen LogP contribution is -2.33. The largest absolute Gasteiger partial charge is 0.299 e. The number of aryl methyl sites for hydroxylation is 1. The molecule has 184 valence electrons. The molecule has 0 atom stereocenters. The Hall–Kier alpha value is -1.80. The van der Waals surface area contributed by atoms with Crippen LogP contribution in [0.15, 0.2) is 12.4 Å². The molecule has 34 heavy (non-hydrogen) atoms. The van der Waals surface area contributed by atoms with Gasteiger partial charge in [0.25, 0.3) is 0 Å². The molecule has 2 fully saturated rings. The molecular formula is C26H34F2N4OS. The number of halogens is 2. The van der Waals surface area contributed by atoms with Crippen molar-refractivity contribution in [1.82, 2.24) is 19.9 Å². The van der Waals surface area contributed by atoms with Crippen LogP contribution >= 0.6 is 11.3 Å². The summed E-state index contributed by atoms with van der Waals surface area (Å²) in [7, 11) is 0. The third kappa shape index (κ3) is 5.88. The first-order chi connectivity index (χ1) is 16.3. The maximum absolute atomic E-state index is 13.2. The molecular weight excluding hydrogens is 454 g/mol. The number of ketones is 1. The number of rotatable bonds is 8. The van der Waals surface area contributed by atoms with Crippen LogP contribution in [0.1, 0.15) is 84.3 Å². The number of thiazole rings is 1. The molecule has 5 rings (SSSR count). The fraction of sp³-hybridized carbons (Fsp3) is 0.692. The van der Waals surface area contributed by atoms with E-state index in [2.05, 4.69) is 14.9 Å². The fourth-order valence-corrected chi connectivity index (χ4v) is 6.86. The predicted molar refractivity (Wildman–Crippen MR) is 128 cm³/mol. The molecule has 2 aromatic rings. The summed E-state index contributed by atoms with van der Waals surface area (Å²) in [5, 5.41) is 0.931. The molecule has 0 spiro atoms. The Morgan fingerprint density at radius 2 is 1.85 bits per heavy atom. The molecule has 0 aromatic carbocycles. The molecule has 0 radical (unpaired) electrons. The van der Waals surface area contributed by atoms with E-state index in [-0.39, 0.29) is 18.8 Å². The molecule has 3 aliphatic rings. The van der Waals surface area contributed by atoms with Crippen molar-refractivity contribution in [3.8, 4) is 0 Å². The summed E-state index contributed by atoms with van der Waals surface area (Å²) in [6.45, 7) is 4.84. The zero-order valence-corrected chi connectivity index (χ0v) is 20.8. The zero-order chi connectivity index (χ0) is 23.7. The van der Waals surface area contributed by atoms with E-state index in [9.17, 15) is 13.6 Å². The number of Topliss-reactive ketones (excluding diaryl/α,β-unsaturated/α-hetero) is 1. The Labute approximate surface area is 204 Å². The van der Waals surface area contributed by atoms with Crippen molar-refractivity contribution < 1.29 is 13.6 Å². The third-order valence-corrected chi connectivity index (χ3v) is 9.15. The van der Waals surface area contributed by atoms with Gasteiger partial charge in [-0.3, -0.25) is 9.69 Å². The van der Waals surface area contributed by atoms with Crippen molar-refractivity contribution in [2.75, 3.05) is 13.1 Å². The van der Waals surface area contributed by atoms with Crippen LogP contribution in [0.2, 0.25) is 0 Å². The van der Waals surface area contributed by atoms with Gasteiger partial charge in [-0.1, -0.05) is 12.8 Å². The maximum Gasteiger partial charge on any atom is 0.249 e. The van der Waals surface area contributed by atoms with Gasteiger partial charge in [0.15, 0.2) is 0 Å². The van der Waals surface area contributed by atoms with Crippen molar-refractivity contribution in [3.05, 3.63) is 39.4 Å². The van der Waals surface area contributed by atoms with Crippen LogP contribution in [-0.2, 0) is 24.2 Å². The van der Waals surface area contributed by atoms with Crippen LogP contribution in [0.3, 0.4) is 0 Å². The number of carbonyl (C=O) groups is 1. The van der Waals surface area contributed by atoms with E-state index in [0.29, 0.717) is 24.5 Å². The molecule has 0 amide bonds. The minimum atomic E-state index is -2.48. The highest BCUT2D eigenvalue weighted by molar-refractivity contribution is 7.11. The van der Waals surface area contributed by atoms with Crippen molar-refractivity contribution in [2.24, 2.45) is 11.8 Å². The van der Waals surface area contributed by atoms with E-state index in [1.807, 2.05) is 6.92 Å². The second-order valence-electron chi connectivity index (χ2n) is 10.6. The summed E-state index contributed by atoms with van der Waals surface area (Å²) in [5.74, 6) is -0.233. The Kier molecular flexibility index (Phi) is 7.07. The van der Waals surface area contributed by atoms with Crippen LogP contribution in [-0.4, -0.2) is 44.6 Å². The molecule has 0 unspecified atom stereocenters. The number of aromatic nitrogens is 3. The van der Waals surface area contributed by atoms with Gasteiger partial charge in [-0.05, 0) is 56.6 Å². The molecule has 8 heteroatoms. The SMILES string of the molecule is Cc1ncc(CC(=O)CC2CCC(CCN3CCc4sc(C5CC(F)(F)C5)nc4C3)CC2)cn1. The molecule has 2 saturated carbocycles. The van der Waals surface area contributed by atoms with Gasteiger partial charge in [0.2, 0.25) is 5.92 Å². The second-order valence-corrected chi connectivity index (χ2v) is 11.8. The lowest BCUT2D eigenvalue weighted by molar-refractivity contribution is -0.119. The van der Waals surface area contributed by atoms with Crippen LogP contribution in [0.5, 0.6) is 0 Å². The zero-order valence-electron chi connectivity index (χ0n) is 19.9. The molecule has 5 nitrogen and oxygen atoms in total. The molecule has 1 aliphatic heterocycles. The van der Waals surface area contributed by atoms with Gasteiger partial charge >= 0.3 is 0 Å². The van der Waals surface area contributed by atoms with Gasteiger partial charge in [-0.2, -0.15) is 0 Å². The van der Waals surface area contributed by atoms with Crippen LogP contribution in [0.25, 0.3) is 0 Å². The van der Waals surface area contributed by atoms with Crippen molar-refractivity contribution in [1.29, 1.82) is 0 Å². The van der Waals surface area contributed by atoms with Crippen LogP contribution in [0, 0.1) is 18.8 Å². The average Bonchev–Trinajstić information content (AvgIpc) is 3.21. The van der Waals surface area contributed by atoms with Crippen molar-refractivity contribution >= 4 is 17.1 Å². The van der Waals surface area contributed by atoms with Gasteiger partial charge in [0.1, 0.15) is 11.6 Å². The Bertz CT molecular complexity index is 993. The average molecular weight is 489 g/mol. The van der Waals surface area contributed by atoms with E-state index in [0.717, 1.165) is 66.9 Å². The summed E-state index contributed by atoms with van der Waals surface area (Å²) >= 11 is 1.67. The smallest absolute Gasteiger partial charge is 0.249 e. The first kappa shape index (κ1) is 23.9. The third-order valence-electron chi connectivity index (χ3n) is 7.83. The summed E-state index contributed by atoms with van der Waals surface area (Å²) in [6, 6.07) is 0. The van der Waals surface area contributed by atoms with Crippen LogP contribution in [0.4, 0.5) is 8.78 Å². The minimum Gasteiger partial charge on any atom is -0.299 e. The quantitative estimate of drug-likeness (QED) is 0.490. The summed E-state index contributed by atoms with van der Waals surface area (Å²) < 4.78 is 26.5.